The summed E-state index contributed by atoms with van der Waals surface area (Å²) in [5.41, 5.74) is 5.26. The predicted molar refractivity (Wildman–Crippen MR) is 169 cm³/mol. The molecule has 0 heterocycles. The van der Waals surface area contributed by atoms with Crippen LogP contribution in [0.1, 0.15) is 0 Å². The Morgan fingerprint density at radius 3 is 1.78 bits per heavy atom. The van der Waals surface area contributed by atoms with Gasteiger partial charge >= 0.3 is 0 Å². The van der Waals surface area contributed by atoms with Crippen molar-refractivity contribution in [2.75, 3.05) is 4.90 Å². The minimum Gasteiger partial charge on any atom is -0.307 e. The fraction of sp³-hybridized carbons (Fsp3) is 0. The van der Waals surface area contributed by atoms with Crippen molar-refractivity contribution < 1.29 is 9.78 Å². The molecule has 0 atom stereocenters. The van der Waals surface area contributed by atoms with Crippen LogP contribution in [0.4, 0.5) is 17.1 Å². The maximum atomic E-state index is 5.96. The van der Waals surface area contributed by atoms with Crippen LogP contribution in [0, 0.1) is 0 Å². The van der Waals surface area contributed by atoms with Gasteiger partial charge in [-0.05, 0) is 81.2 Å². The van der Waals surface area contributed by atoms with E-state index in [9.17, 15) is 0 Å². The second kappa shape index (κ2) is 10.9. The summed E-state index contributed by atoms with van der Waals surface area (Å²) in [6, 6.07) is 56.1. The van der Waals surface area contributed by atoms with Gasteiger partial charge in [0.05, 0.1) is 5.69 Å². The SMILES string of the molecule is c1ccc(OOc2ccccc2N(c2ccc(-c3ccccc3)cc2)c2ccc3ccc4ccccc4c3c2)cc1. The highest BCUT2D eigenvalue weighted by Crippen LogP contribution is 2.42. The molecule has 0 aliphatic heterocycles. The van der Waals surface area contributed by atoms with Gasteiger partial charge in [0, 0.05) is 11.4 Å². The summed E-state index contributed by atoms with van der Waals surface area (Å²) >= 11 is 0. The highest BCUT2D eigenvalue weighted by molar-refractivity contribution is 6.09. The molecule has 0 fully saturated rings. The molecule has 0 spiro atoms. The number of benzene rings is 7. The normalized spacial score (nSPS) is 10.9. The molecule has 0 saturated heterocycles. The summed E-state index contributed by atoms with van der Waals surface area (Å²) in [6.45, 7) is 0. The van der Waals surface area contributed by atoms with E-state index in [4.69, 9.17) is 9.78 Å². The van der Waals surface area contributed by atoms with Crippen molar-refractivity contribution >= 4 is 38.6 Å². The average Bonchev–Trinajstić information content (AvgIpc) is 3.05. The molecule has 3 nitrogen and oxygen atoms in total. The van der Waals surface area contributed by atoms with E-state index < -0.39 is 0 Å². The van der Waals surface area contributed by atoms with Crippen molar-refractivity contribution in [1.29, 1.82) is 0 Å². The van der Waals surface area contributed by atoms with Crippen molar-refractivity contribution in [3.05, 3.63) is 164 Å². The number of rotatable bonds is 7. The smallest absolute Gasteiger partial charge is 0.202 e. The Balaban J connectivity index is 1.36. The largest absolute Gasteiger partial charge is 0.307 e. The van der Waals surface area contributed by atoms with Crippen LogP contribution in [-0.2, 0) is 0 Å². The fourth-order valence-corrected chi connectivity index (χ4v) is 5.27. The first-order valence-corrected chi connectivity index (χ1v) is 13.7. The molecule has 7 rings (SSSR count). The predicted octanol–water partition coefficient (Wildman–Crippen LogP) is 10.5. The Bertz CT molecular complexity index is 1930. The van der Waals surface area contributed by atoms with Crippen LogP contribution in [0.25, 0.3) is 32.7 Å². The Morgan fingerprint density at radius 1 is 0.390 bits per heavy atom. The van der Waals surface area contributed by atoms with Gasteiger partial charge in [0.1, 0.15) is 0 Å². The first-order valence-electron chi connectivity index (χ1n) is 13.7. The van der Waals surface area contributed by atoms with Crippen LogP contribution in [0.5, 0.6) is 11.5 Å². The first kappa shape index (κ1) is 24.5. The number of hydrogen-bond donors (Lipinski definition) is 0. The summed E-state index contributed by atoms with van der Waals surface area (Å²) in [5, 5.41) is 4.84. The van der Waals surface area contributed by atoms with Gasteiger partial charge in [-0.2, -0.15) is 0 Å². The van der Waals surface area contributed by atoms with Crippen molar-refractivity contribution in [1.82, 2.24) is 0 Å². The quantitative estimate of drug-likeness (QED) is 0.116. The Hall–Kier alpha value is -5.54. The van der Waals surface area contributed by atoms with E-state index in [0.29, 0.717) is 11.5 Å². The molecule has 7 aromatic carbocycles. The first-order chi connectivity index (χ1) is 20.3. The molecule has 0 bridgehead atoms. The number of hydrogen-bond acceptors (Lipinski definition) is 3. The molecule has 0 unspecified atom stereocenters. The molecule has 0 N–H and O–H groups in total. The van der Waals surface area contributed by atoms with Gasteiger partial charge in [0.2, 0.25) is 5.75 Å². The fourth-order valence-electron chi connectivity index (χ4n) is 5.27. The van der Waals surface area contributed by atoms with Gasteiger partial charge in [0.15, 0.2) is 5.75 Å². The van der Waals surface area contributed by atoms with Gasteiger partial charge in [-0.25, -0.2) is 0 Å². The van der Waals surface area contributed by atoms with Gasteiger partial charge in [-0.1, -0.05) is 115 Å². The van der Waals surface area contributed by atoms with Crippen LogP contribution in [0.15, 0.2) is 164 Å². The molecule has 0 aromatic heterocycles. The van der Waals surface area contributed by atoms with Crippen molar-refractivity contribution in [3.8, 4) is 22.6 Å². The molecule has 0 radical (unpaired) electrons. The molecule has 0 aliphatic rings. The number of anilines is 3. The molecule has 3 heteroatoms. The van der Waals surface area contributed by atoms with Crippen molar-refractivity contribution in [2.45, 2.75) is 0 Å². The maximum absolute atomic E-state index is 5.96. The second-order valence-corrected chi connectivity index (χ2v) is 9.89. The molecule has 196 valence electrons. The number of fused-ring (bicyclic) bond motifs is 3. The Morgan fingerprint density at radius 2 is 0.976 bits per heavy atom. The minimum absolute atomic E-state index is 0.613. The second-order valence-electron chi connectivity index (χ2n) is 9.89. The molecule has 7 aromatic rings. The molecule has 41 heavy (non-hydrogen) atoms. The van der Waals surface area contributed by atoms with Gasteiger partial charge in [0.25, 0.3) is 0 Å². The topological polar surface area (TPSA) is 21.7 Å². The third-order valence-electron chi connectivity index (χ3n) is 7.30. The average molecular weight is 530 g/mol. The van der Waals surface area contributed by atoms with Crippen LogP contribution in [0.3, 0.4) is 0 Å². The third-order valence-corrected chi connectivity index (χ3v) is 7.30. The number of nitrogens with zero attached hydrogens (tertiary/aromatic N) is 1. The van der Waals surface area contributed by atoms with Crippen LogP contribution in [0.2, 0.25) is 0 Å². The highest BCUT2D eigenvalue weighted by Gasteiger charge is 2.19. The van der Waals surface area contributed by atoms with Crippen LogP contribution < -0.4 is 14.7 Å². The standard InChI is InChI=1S/C38H27NO2/c1-3-11-28(12-4-1)29-21-24-32(25-22-29)39(37-17-9-10-18-38(37)41-40-34-14-5-2-6-15-34)33-26-23-31-20-19-30-13-7-8-16-35(30)36(31)27-33/h1-27H. The summed E-state index contributed by atoms with van der Waals surface area (Å²) in [7, 11) is 0. The maximum Gasteiger partial charge on any atom is 0.202 e. The van der Waals surface area contributed by atoms with E-state index in [-0.39, 0.29) is 0 Å². The van der Waals surface area contributed by atoms with Crippen molar-refractivity contribution in [2.24, 2.45) is 0 Å². The van der Waals surface area contributed by atoms with E-state index in [1.807, 2.05) is 54.6 Å². The van der Waals surface area contributed by atoms with E-state index >= 15 is 0 Å². The molecular formula is C38H27NO2. The van der Waals surface area contributed by atoms with Crippen LogP contribution in [-0.4, -0.2) is 0 Å². The lowest BCUT2D eigenvalue weighted by Gasteiger charge is -2.27. The summed E-state index contributed by atoms with van der Waals surface area (Å²) in [5.74, 6) is 1.25. The molecule has 0 aliphatic carbocycles. The lowest BCUT2D eigenvalue weighted by Crippen LogP contribution is -2.12. The monoisotopic (exact) mass is 529 g/mol. The van der Waals surface area contributed by atoms with Crippen LogP contribution >= 0.6 is 0 Å². The highest BCUT2D eigenvalue weighted by atomic mass is 17.2. The number of para-hydroxylation sites is 3. The lowest BCUT2D eigenvalue weighted by atomic mass is 10.0. The Labute approximate surface area is 239 Å². The zero-order valence-corrected chi connectivity index (χ0v) is 22.4. The minimum atomic E-state index is 0.613. The molecule has 0 amide bonds. The lowest BCUT2D eigenvalue weighted by molar-refractivity contribution is -0.0993. The van der Waals surface area contributed by atoms with Gasteiger partial charge in [-0.15, -0.1) is 0 Å². The zero-order valence-electron chi connectivity index (χ0n) is 22.4. The van der Waals surface area contributed by atoms with Gasteiger partial charge in [-0.3, -0.25) is 9.78 Å². The zero-order chi connectivity index (χ0) is 27.4. The van der Waals surface area contributed by atoms with E-state index in [1.54, 1.807) is 0 Å². The summed E-state index contributed by atoms with van der Waals surface area (Å²) < 4.78 is 0. The summed E-state index contributed by atoms with van der Waals surface area (Å²) in [4.78, 5) is 13.9. The van der Waals surface area contributed by atoms with E-state index in [2.05, 4.69) is 114 Å². The van der Waals surface area contributed by atoms with E-state index in [0.717, 1.165) is 22.6 Å². The van der Waals surface area contributed by atoms with E-state index in [1.165, 1.54) is 27.1 Å². The molecule has 0 saturated carbocycles. The third kappa shape index (κ3) is 4.97. The van der Waals surface area contributed by atoms with Crippen molar-refractivity contribution in [3.63, 3.8) is 0 Å². The molecular weight excluding hydrogens is 502 g/mol. The Kier molecular flexibility index (Phi) is 6.52. The summed E-state index contributed by atoms with van der Waals surface area (Å²) in [6.07, 6.45) is 0. The van der Waals surface area contributed by atoms with Gasteiger partial charge < -0.3 is 4.90 Å².